The molecule has 18 heavy (non-hydrogen) atoms. The fourth-order valence-corrected chi connectivity index (χ4v) is 2.64. The van der Waals surface area contributed by atoms with Gasteiger partial charge in [-0.05, 0) is 25.1 Å². The van der Waals surface area contributed by atoms with Crippen LogP contribution in [0.3, 0.4) is 0 Å². The van der Waals surface area contributed by atoms with Gasteiger partial charge in [0.2, 0.25) is 0 Å². The van der Waals surface area contributed by atoms with E-state index in [2.05, 4.69) is 0 Å². The molecule has 0 unspecified atom stereocenters. The Hall–Kier alpha value is -1.18. The summed E-state index contributed by atoms with van der Waals surface area (Å²) in [6, 6.07) is 5.74. The van der Waals surface area contributed by atoms with E-state index in [9.17, 15) is 12.8 Å². The molecule has 0 aromatic heterocycles. The van der Waals surface area contributed by atoms with Crippen LogP contribution in [0.25, 0.3) is 0 Å². The Labute approximate surface area is 107 Å². The number of halogens is 1. The molecule has 0 saturated heterocycles. The van der Waals surface area contributed by atoms with Gasteiger partial charge in [0.15, 0.2) is 0 Å². The van der Waals surface area contributed by atoms with Crippen molar-refractivity contribution in [2.75, 3.05) is 31.5 Å². The van der Waals surface area contributed by atoms with Crippen LogP contribution < -0.4 is 10.0 Å². The summed E-state index contributed by atoms with van der Waals surface area (Å²) in [6.07, 6.45) is 0.556. The maximum absolute atomic E-state index is 13.5. The van der Waals surface area contributed by atoms with Crippen molar-refractivity contribution in [1.82, 2.24) is 4.31 Å². The average molecular weight is 275 g/mol. The van der Waals surface area contributed by atoms with E-state index in [1.165, 1.54) is 32.3 Å². The summed E-state index contributed by atoms with van der Waals surface area (Å²) < 4.78 is 39.9. The molecule has 2 N–H and O–H groups in total. The van der Waals surface area contributed by atoms with E-state index >= 15 is 0 Å². The first kappa shape index (κ1) is 14.9. The Kier molecular flexibility index (Phi) is 5.06. The average Bonchev–Trinajstić information content (AvgIpc) is 2.35. The molecule has 0 atom stereocenters. The molecule has 0 saturated carbocycles. The molecule has 0 fully saturated rings. The minimum Gasteiger partial charge on any atom is -0.330 e. The van der Waals surface area contributed by atoms with Gasteiger partial charge in [-0.1, -0.05) is 12.1 Å². The van der Waals surface area contributed by atoms with E-state index in [-0.39, 0.29) is 5.69 Å². The largest absolute Gasteiger partial charge is 0.330 e. The number of nitrogens with zero attached hydrogens (tertiary/aromatic N) is 2. The van der Waals surface area contributed by atoms with Crippen LogP contribution in [0.5, 0.6) is 0 Å². The summed E-state index contributed by atoms with van der Waals surface area (Å²) in [7, 11) is -0.943. The van der Waals surface area contributed by atoms with Crippen molar-refractivity contribution in [3.05, 3.63) is 30.1 Å². The van der Waals surface area contributed by atoms with Gasteiger partial charge in [-0.25, -0.2) is 4.39 Å². The van der Waals surface area contributed by atoms with Crippen molar-refractivity contribution in [3.63, 3.8) is 0 Å². The minimum atomic E-state index is -3.72. The van der Waals surface area contributed by atoms with Crippen LogP contribution in [-0.2, 0) is 10.2 Å². The number of hydrogen-bond acceptors (Lipinski definition) is 3. The normalized spacial score (nSPS) is 11.8. The molecule has 1 rings (SSSR count). The van der Waals surface area contributed by atoms with Gasteiger partial charge in [0.05, 0.1) is 5.69 Å². The first-order valence-electron chi connectivity index (χ1n) is 5.56. The Morgan fingerprint density at radius 3 is 2.44 bits per heavy atom. The predicted octanol–water partition coefficient (Wildman–Crippen LogP) is 0.787. The van der Waals surface area contributed by atoms with E-state index in [1.54, 1.807) is 6.07 Å². The Balaban J connectivity index is 2.95. The second-order valence-electron chi connectivity index (χ2n) is 3.89. The maximum Gasteiger partial charge on any atom is 0.303 e. The molecule has 1 aromatic rings. The minimum absolute atomic E-state index is 0.0251. The van der Waals surface area contributed by atoms with Gasteiger partial charge in [0, 0.05) is 20.6 Å². The van der Waals surface area contributed by atoms with Crippen LogP contribution in [0.15, 0.2) is 24.3 Å². The molecule has 7 heteroatoms. The Morgan fingerprint density at radius 2 is 1.89 bits per heavy atom. The zero-order valence-electron chi connectivity index (χ0n) is 10.5. The lowest BCUT2D eigenvalue weighted by atomic mass is 10.3. The van der Waals surface area contributed by atoms with Gasteiger partial charge in [-0.15, -0.1) is 0 Å². The number of benzene rings is 1. The third-order valence-electron chi connectivity index (χ3n) is 2.61. The van der Waals surface area contributed by atoms with Crippen LogP contribution >= 0.6 is 0 Å². The van der Waals surface area contributed by atoms with Crippen LogP contribution in [0.2, 0.25) is 0 Å². The Bertz CT molecular complexity index is 493. The summed E-state index contributed by atoms with van der Waals surface area (Å²) in [6.45, 7) is 0.709. The highest BCUT2D eigenvalue weighted by Crippen LogP contribution is 2.21. The lowest BCUT2D eigenvalue weighted by molar-refractivity contribution is 0.461. The van der Waals surface area contributed by atoms with E-state index in [0.29, 0.717) is 19.5 Å². The van der Waals surface area contributed by atoms with Gasteiger partial charge in [0.25, 0.3) is 0 Å². The van der Waals surface area contributed by atoms with Gasteiger partial charge in [0.1, 0.15) is 5.82 Å². The predicted molar refractivity (Wildman–Crippen MR) is 70.0 cm³/mol. The third-order valence-corrected chi connectivity index (χ3v) is 4.47. The van der Waals surface area contributed by atoms with Crippen molar-refractivity contribution in [2.24, 2.45) is 5.73 Å². The summed E-state index contributed by atoms with van der Waals surface area (Å²) in [5, 5.41) is 0. The molecule has 0 bridgehead atoms. The molecule has 0 heterocycles. The summed E-state index contributed by atoms with van der Waals surface area (Å²) in [4.78, 5) is 0. The van der Waals surface area contributed by atoms with Crippen molar-refractivity contribution in [2.45, 2.75) is 6.42 Å². The van der Waals surface area contributed by atoms with Crippen LogP contribution in [-0.4, -0.2) is 39.9 Å². The monoisotopic (exact) mass is 275 g/mol. The summed E-state index contributed by atoms with van der Waals surface area (Å²) in [5.74, 6) is -0.573. The van der Waals surface area contributed by atoms with Crippen molar-refractivity contribution in [1.29, 1.82) is 0 Å². The van der Waals surface area contributed by atoms with Crippen LogP contribution in [0, 0.1) is 5.82 Å². The van der Waals surface area contributed by atoms with Gasteiger partial charge < -0.3 is 5.73 Å². The van der Waals surface area contributed by atoms with Crippen molar-refractivity contribution >= 4 is 15.9 Å². The van der Waals surface area contributed by atoms with Crippen molar-refractivity contribution in [3.8, 4) is 0 Å². The summed E-state index contributed by atoms with van der Waals surface area (Å²) >= 11 is 0. The number of anilines is 1. The third kappa shape index (κ3) is 3.18. The molecule has 0 aliphatic carbocycles. The van der Waals surface area contributed by atoms with Gasteiger partial charge >= 0.3 is 10.2 Å². The maximum atomic E-state index is 13.5. The first-order valence-corrected chi connectivity index (χ1v) is 6.95. The zero-order valence-corrected chi connectivity index (χ0v) is 11.3. The second-order valence-corrected chi connectivity index (χ2v) is 5.96. The highest BCUT2D eigenvalue weighted by atomic mass is 32.2. The first-order chi connectivity index (χ1) is 8.41. The number of rotatable bonds is 6. The zero-order chi connectivity index (χ0) is 13.8. The van der Waals surface area contributed by atoms with Crippen molar-refractivity contribution < 1.29 is 12.8 Å². The van der Waals surface area contributed by atoms with Gasteiger partial charge in [-0.3, -0.25) is 4.31 Å². The number of nitrogens with two attached hydrogens (primary N) is 1. The molecule has 0 radical (unpaired) electrons. The van der Waals surface area contributed by atoms with E-state index in [0.717, 1.165) is 8.61 Å². The molecule has 0 aliphatic heterocycles. The molecule has 1 aromatic carbocycles. The lowest BCUT2D eigenvalue weighted by Gasteiger charge is -2.26. The Morgan fingerprint density at radius 1 is 1.28 bits per heavy atom. The number of para-hydroxylation sites is 1. The SMILES string of the molecule is CN(CCCN)S(=O)(=O)N(C)c1ccccc1F. The quantitative estimate of drug-likeness (QED) is 0.834. The van der Waals surface area contributed by atoms with E-state index in [4.69, 9.17) is 5.73 Å². The van der Waals surface area contributed by atoms with Crippen LogP contribution in [0.4, 0.5) is 10.1 Å². The molecule has 0 aliphatic rings. The lowest BCUT2D eigenvalue weighted by Crippen LogP contribution is -2.40. The molecule has 102 valence electrons. The number of hydrogen-bond donors (Lipinski definition) is 1. The molecule has 0 spiro atoms. The fraction of sp³-hybridized carbons (Fsp3) is 0.455. The highest BCUT2D eigenvalue weighted by molar-refractivity contribution is 7.90. The molecular formula is C11H18FN3O2S. The standard InChI is InChI=1S/C11H18FN3O2S/c1-14(9-5-8-13)18(16,17)15(2)11-7-4-3-6-10(11)12/h3-4,6-7H,5,8-9,13H2,1-2H3. The fourth-order valence-electron chi connectivity index (χ4n) is 1.47. The topological polar surface area (TPSA) is 66.6 Å². The molecule has 0 amide bonds. The van der Waals surface area contributed by atoms with E-state index in [1.807, 2.05) is 0 Å². The van der Waals surface area contributed by atoms with E-state index < -0.39 is 16.0 Å². The molecular weight excluding hydrogens is 257 g/mol. The van der Waals surface area contributed by atoms with Gasteiger partial charge in [-0.2, -0.15) is 12.7 Å². The smallest absolute Gasteiger partial charge is 0.303 e. The van der Waals surface area contributed by atoms with Crippen LogP contribution in [0.1, 0.15) is 6.42 Å². The summed E-state index contributed by atoms with van der Waals surface area (Å²) in [5.41, 5.74) is 5.36. The second kappa shape index (κ2) is 6.12. The highest BCUT2D eigenvalue weighted by Gasteiger charge is 2.25. The molecule has 5 nitrogen and oxygen atoms in total.